The first-order chi connectivity index (χ1) is 13.2. The smallest absolute Gasteiger partial charge is 0.191 e. The number of rotatable bonds is 8. The van der Waals surface area contributed by atoms with Gasteiger partial charge in [0.15, 0.2) is 5.96 Å². The van der Waals surface area contributed by atoms with Gasteiger partial charge in [0.2, 0.25) is 0 Å². The van der Waals surface area contributed by atoms with E-state index in [1.165, 1.54) is 25.7 Å². The first-order valence-corrected chi connectivity index (χ1v) is 9.61. The molecule has 0 bridgehead atoms. The maximum absolute atomic E-state index is 5.32. The number of guanidine groups is 1. The van der Waals surface area contributed by atoms with Crippen molar-refractivity contribution >= 4 is 5.96 Å². The normalized spacial score (nSPS) is 16.4. The fourth-order valence-corrected chi connectivity index (χ4v) is 3.70. The number of hydrogen-bond donors (Lipinski definition) is 2. The van der Waals surface area contributed by atoms with Crippen molar-refractivity contribution in [3.63, 3.8) is 0 Å². The Bertz CT molecular complexity index is 705. The van der Waals surface area contributed by atoms with Crippen molar-refractivity contribution in [2.45, 2.75) is 38.6 Å². The third kappa shape index (κ3) is 5.29. The van der Waals surface area contributed by atoms with Crippen molar-refractivity contribution in [2.75, 3.05) is 27.3 Å². The molecule has 0 spiro atoms. The second kappa shape index (κ2) is 9.50. The number of ether oxygens (including phenoxy) is 1. The van der Waals surface area contributed by atoms with E-state index in [-0.39, 0.29) is 0 Å². The summed E-state index contributed by atoms with van der Waals surface area (Å²) in [5.41, 5.74) is 1.44. The van der Waals surface area contributed by atoms with E-state index in [0.717, 1.165) is 36.9 Å². The van der Waals surface area contributed by atoms with Gasteiger partial charge in [-0.15, -0.1) is 0 Å². The highest BCUT2D eigenvalue weighted by molar-refractivity contribution is 5.79. The third-order valence-electron chi connectivity index (χ3n) is 5.39. The molecule has 1 saturated carbocycles. The second-order valence-electron chi connectivity index (χ2n) is 7.22. The Morgan fingerprint density at radius 1 is 1.30 bits per heavy atom. The minimum absolute atomic E-state index is 0.335. The number of imidazole rings is 1. The Kier molecular flexibility index (Phi) is 6.81. The lowest BCUT2D eigenvalue weighted by molar-refractivity contribution is 0.138. The van der Waals surface area contributed by atoms with Gasteiger partial charge in [0.1, 0.15) is 12.1 Å². The van der Waals surface area contributed by atoms with Crippen molar-refractivity contribution in [3.05, 3.63) is 42.6 Å². The summed E-state index contributed by atoms with van der Waals surface area (Å²) in [6.45, 7) is 2.44. The molecule has 0 aliphatic heterocycles. The molecule has 0 radical (unpaired) electrons. The molecule has 0 atom stereocenters. The zero-order chi connectivity index (χ0) is 19.0. The number of nitrogens with zero attached hydrogens (tertiary/aromatic N) is 4. The second-order valence-corrected chi connectivity index (χ2v) is 7.22. The molecule has 1 aliphatic carbocycles. The summed E-state index contributed by atoms with van der Waals surface area (Å²) < 4.78 is 7.21. The molecule has 0 aromatic carbocycles. The van der Waals surface area contributed by atoms with Crippen LogP contribution in [-0.4, -0.2) is 47.8 Å². The van der Waals surface area contributed by atoms with E-state index in [0.29, 0.717) is 12.0 Å². The van der Waals surface area contributed by atoms with Crippen LogP contribution in [-0.2, 0) is 11.3 Å². The summed E-state index contributed by atoms with van der Waals surface area (Å²) in [4.78, 5) is 12.9. The molecule has 2 aromatic rings. The van der Waals surface area contributed by atoms with Gasteiger partial charge in [-0.05, 0) is 36.3 Å². The lowest BCUT2D eigenvalue weighted by atomic mass is 9.83. The SMILES string of the molecule is CN=C(NCc1ccc(-n2ccnc2)nc1)NCC1(CCOC)CCCC1. The molecule has 1 aliphatic rings. The number of nitrogens with one attached hydrogen (secondary N) is 2. The van der Waals surface area contributed by atoms with Crippen molar-refractivity contribution in [2.24, 2.45) is 10.4 Å². The summed E-state index contributed by atoms with van der Waals surface area (Å²) in [6, 6.07) is 4.06. The van der Waals surface area contributed by atoms with Crippen molar-refractivity contribution < 1.29 is 4.74 Å². The molecule has 0 amide bonds. The summed E-state index contributed by atoms with van der Waals surface area (Å²) >= 11 is 0. The highest BCUT2D eigenvalue weighted by Crippen LogP contribution is 2.40. The first kappa shape index (κ1) is 19.4. The van der Waals surface area contributed by atoms with Gasteiger partial charge >= 0.3 is 0 Å². The summed E-state index contributed by atoms with van der Waals surface area (Å²) in [7, 11) is 3.59. The van der Waals surface area contributed by atoms with Gasteiger partial charge in [-0.25, -0.2) is 9.97 Å². The molecule has 0 unspecified atom stereocenters. The molecule has 1 fully saturated rings. The Morgan fingerprint density at radius 2 is 2.15 bits per heavy atom. The Hall–Kier alpha value is -2.41. The molecule has 146 valence electrons. The van der Waals surface area contributed by atoms with E-state index in [1.807, 2.05) is 30.1 Å². The highest BCUT2D eigenvalue weighted by atomic mass is 16.5. The van der Waals surface area contributed by atoms with E-state index < -0.39 is 0 Å². The summed E-state index contributed by atoms with van der Waals surface area (Å²) in [5.74, 6) is 1.69. The van der Waals surface area contributed by atoms with E-state index >= 15 is 0 Å². The van der Waals surface area contributed by atoms with Crippen LogP contribution in [0, 0.1) is 5.41 Å². The molecule has 7 nitrogen and oxygen atoms in total. The van der Waals surface area contributed by atoms with E-state index in [4.69, 9.17) is 4.74 Å². The van der Waals surface area contributed by atoms with Crippen LogP contribution in [0.5, 0.6) is 0 Å². The van der Waals surface area contributed by atoms with Gasteiger partial charge in [-0.2, -0.15) is 0 Å². The monoisotopic (exact) mass is 370 g/mol. The Labute approximate surface area is 161 Å². The largest absolute Gasteiger partial charge is 0.385 e. The van der Waals surface area contributed by atoms with Crippen LogP contribution in [0.3, 0.4) is 0 Å². The van der Waals surface area contributed by atoms with Crippen molar-refractivity contribution in [3.8, 4) is 5.82 Å². The predicted molar refractivity (Wildman–Crippen MR) is 107 cm³/mol. The number of methoxy groups -OCH3 is 1. The van der Waals surface area contributed by atoms with E-state index in [9.17, 15) is 0 Å². The Balaban J connectivity index is 1.50. The van der Waals surface area contributed by atoms with Gasteiger partial charge in [-0.3, -0.25) is 9.56 Å². The lowest BCUT2D eigenvalue weighted by Crippen LogP contribution is -2.43. The van der Waals surface area contributed by atoms with E-state index in [2.05, 4.69) is 31.7 Å². The average molecular weight is 371 g/mol. The van der Waals surface area contributed by atoms with Crippen molar-refractivity contribution in [1.29, 1.82) is 0 Å². The van der Waals surface area contributed by atoms with E-state index in [1.54, 1.807) is 19.6 Å². The number of pyridine rings is 1. The van der Waals surface area contributed by atoms with Crippen molar-refractivity contribution in [1.82, 2.24) is 25.2 Å². The molecule has 27 heavy (non-hydrogen) atoms. The molecule has 7 heteroatoms. The average Bonchev–Trinajstić information content (AvgIpc) is 3.40. The number of aromatic nitrogens is 3. The van der Waals surface area contributed by atoms with Crippen LogP contribution in [0.1, 0.15) is 37.7 Å². The topological polar surface area (TPSA) is 76.4 Å². The van der Waals surface area contributed by atoms with Crippen LogP contribution < -0.4 is 10.6 Å². The minimum Gasteiger partial charge on any atom is -0.385 e. The summed E-state index contributed by atoms with van der Waals surface area (Å²) in [6.07, 6.45) is 13.5. The maximum Gasteiger partial charge on any atom is 0.191 e. The third-order valence-corrected chi connectivity index (χ3v) is 5.39. The number of aliphatic imine (C=N–C) groups is 1. The van der Waals surface area contributed by atoms with Gasteiger partial charge in [0, 0.05) is 52.4 Å². The lowest BCUT2D eigenvalue weighted by Gasteiger charge is -2.30. The minimum atomic E-state index is 0.335. The molecule has 2 N–H and O–H groups in total. The van der Waals surface area contributed by atoms with Gasteiger partial charge in [-0.1, -0.05) is 18.9 Å². The van der Waals surface area contributed by atoms with Crippen LogP contribution in [0.25, 0.3) is 5.82 Å². The molecule has 0 saturated heterocycles. The molecular weight excluding hydrogens is 340 g/mol. The quantitative estimate of drug-likeness (QED) is 0.552. The summed E-state index contributed by atoms with van der Waals surface area (Å²) in [5, 5.41) is 6.90. The molecule has 2 heterocycles. The molecule has 2 aromatic heterocycles. The highest BCUT2D eigenvalue weighted by Gasteiger charge is 2.33. The Morgan fingerprint density at radius 3 is 2.78 bits per heavy atom. The molecule has 3 rings (SSSR count). The van der Waals surface area contributed by atoms with Gasteiger partial charge in [0.25, 0.3) is 0 Å². The van der Waals surface area contributed by atoms with Crippen LogP contribution in [0.15, 0.2) is 42.0 Å². The first-order valence-electron chi connectivity index (χ1n) is 9.61. The zero-order valence-electron chi connectivity index (χ0n) is 16.3. The van der Waals surface area contributed by atoms with Crippen LogP contribution in [0.4, 0.5) is 0 Å². The molecular formula is C20H30N6O. The maximum atomic E-state index is 5.32. The van der Waals surface area contributed by atoms with Crippen LogP contribution >= 0.6 is 0 Å². The zero-order valence-corrected chi connectivity index (χ0v) is 16.3. The number of hydrogen-bond acceptors (Lipinski definition) is 4. The van der Waals surface area contributed by atoms with Gasteiger partial charge < -0.3 is 15.4 Å². The fourth-order valence-electron chi connectivity index (χ4n) is 3.70. The van der Waals surface area contributed by atoms with Gasteiger partial charge in [0.05, 0.1) is 0 Å². The fraction of sp³-hybridized carbons (Fsp3) is 0.550. The standard InChI is InChI=1S/C20H30N6O/c1-21-19(25-15-20(9-12-27-2)7-3-4-8-20)24-14-17-5-6-18(23-13-17)26-11-10-22-16-26/h5-6,10-11,13,16H,3-4,7-9,12,14-15H2,1-2H3,(H2,21,24,25). The predicted octanol–water partition coefficient (Wildman–Crippen LogP) is 2.53. The van der Waals surface area contributed by atoms with Crippen LogP contribution in [0.2, 0.25) is 0 Å².